The number of hydrogen-bond acceptors (Lipinski definition) is 3. The molecule has 3 heteroatoms. The van der Waals surface area contributed by atoms with E-state index in [-0.39, 0.29) is 0 Å². The fourth-order valence-corrected chi connectivity index (χ4v) is 1.13. The van der Waals surface area contributed by atoms with Crippen LogP contribution in [0.25, 0.3) is 0 Å². The molecule has 0 aliphatic carbocycles. The maximum Gasteiger partial charge on any atom is 0.162 e. The molecule has 0 radical (unpaired) electrons. The molecule has 0 saturated heterocycles. The van der Waals surface area contributed by atoms with E-state index in [4.69, 9.17) is 4.74 Å². The summed E-state index contributed by atoms with van der Waals surface area (Å²) < 4.78 is 5.30. The number of fused-ring (bicyclic) bond motifs is 1. The summed E-state index contributed by atoms with van der Waals surface area (Å²) in [5.74, 6) is 0.891. The van der Waals surface area contributed by atoms with Crippen molar-refractivity contribution >= 4 is 0 Å². The first-order valence-electron chi connectivity index (χ1n) is 3.31. The van der Waals surface area contributed by atoms with Crippen LogP contribution in [0.3, 0.4) is 0 Å². The van der Waals surface area contributed by atoms with Gasteiger partial charge in [-0.25, -0.2) is 9.97 Å². The molecule has 0 spiro atoms. The minimum absolute atomic E-state index is 0.759. The summed E-state index contributed by atoms with van der Waals surface area (Å²) in [7, 11) is 0. The zero-order chi connectivity index (χ0) is 6.97. The highest BCUT2D eigenvalue weighted by atomic mass is 16.5. The molecule has 1 aromatic rings. The summed E-state index contributed by atoms with van der Waals surface area (Å²) in [4.78, 5) is 8.10. The van der Waals surface area contributed by atoms with Gasteiger partial charge >= 0.3 is 0 Å². The molecule has 3 nitrogen and oxygen atoms in total. The topological polar surface area (TPSA) is 35.0 Å². The Labute approximate surface area is 59.1 Å². The Morgan fingerprint density at radius 1 is 1.50 bits per heavy atom. The monoisotopic (exact) mass is 136 g/mol. The molecular weight excluding hydrogens is 128 g/mol. The molecule has 0 unspecified atom stereocenters. The third-order valence-corrected chi connectivity index (χ3v) is 1.64. The van der Waals surface area contributed by atoms with E-state index in [1.54, 1.807) is 6.33 Å². The lowest BCUT2D eigenvalue weighted by atomic mass is 10.3. The van der Waals surface area contributed by atoms with Gasteiger partial charge in [-0.05, 0) is 6.92 Å². The molecule has 0 aromatic carbocycles. The summed E-state index contributed by atoms with van der Waals surface area (Å²) in [5, 5.41) is 0. The average molecular weight is 136 g/mol. The van der Waals surface area contributed by atoms with E-state index < -0.39 is 0 Å². The van der Waals surface area contributed by atoms with Gasteiger partial charge in [0.2, 0.25) is 0 Å². The molecule has 10 heavy (non-hydrogen) atoms. The molecule has 0 amide bonds. The van der Waals surface area contributed by atoms with Crippen LogP contribution in [0.2, 0.25) is 0 Å². The van der Waals surface area contributed by atoms with E-state index in [1.165, 1.54) is 0 Å². The quantitative estimate of drug-likeness (QED) is 0.527. The van der Waals surface area contributed by atoms with Crippen molar-refractivity contribution < 1.29 is 4.74 Å². The van der Waals surface area contributed by atoms with Crippen molar-refractivity contribution in [2.75, 3.05) is 6.61 Å². The predicted octanol–water partition coefficient (Wildman–Crippen LogP) is 0.720. The van der Waals surface area contributed by atoms with Crippen LogP contribution in [-0.2, 0) is 6.42 Å². The molecular formula is C7H8N2O. The Kier molecular flexibility index (Phi) is 1.09. The largest absolute Gasteiger partial charge is 0.489 e. The zero-order valence-corrected chi connectivity index (χ0v) is 5.79. The van der Waals surface area contributed by atoms with E-state index >= 15 is 0 Å². The summed E-state index contributed by atoms with van der Waals surface area (Å²) in [5.41, 5.74) is 2.00. The number of nitrogens with zero attached hydrogens (tertiary/aromatic N) is 2. The Morgan fingerprint density at radius 2 is 2.40 bits per heavy atom. The smallest absolute Gasteiger partial charge is 0.162 e. The lowest BCUT2D eigenvalue weighted by Gasteiger charge is -1.98. The normalized spacial score (nSPS) is 14.5. The summed E-state index contributed by atoms with van der Waals surface area (Å²) in [6.07, 6.45) is 2.52. The van der Waals surface area contributed by atoms with E-state index in [1.807, 2.05) is 6.92 Å². The first-order valence-corrected chi connectivity index (χ1v) is 3.31. The van der Waals surface area contributed by atoms with Gasteiger partial charge in [0.1, 0.15) is 6.33 Å². The summed E-state index contributed by atoms with van der Waals surface area (Å²) >= 11 is 0. The predicted molar refractivity (Wildman–Crippen MR) is 36.0 cm³/mol. The van der Waals surface area contributed by atoms with Gasteiger partial charge < -0.3 is 4.74 Å². The fourth-order valence-electron chi connectivity index (χ4n) is 1.13. The highest BCUT2D eigenvalue weighted by molar-refractivity contribution is 5.33. The van der Waals surface area contributed by atoms with Crippen molar-refractivity contribution in [2.24, 2.45) is 0 Å². The van der Waals surface area contributed by atoms with Crippen molar-refractivity contribution in [1.82, 2.24) is 9.97 Å². The van der Waals surface area contributed by atoms with E-state index in [0.717, 1.165) is 30.2 Å². The highest BCUT2D eigenvalue weighted by Gasteiger charge is 2.15. The third-order valence-electron chi connectivity index (χ3n) is 1.64. The molecule has 0 fully saturated rings. The molecule has 0 saturated carbocycles. The van der Waals surface area contributed by atoms with Crippen LogP contribution < -0.4 is 4.74 Å². The summed E-state index contributed by atoms with van der Waals surface area (Å²) in [6, 6.07) is 0. The number of hydrogen-bond donors (Lipinski definition) is 0. The molecule has 2 heterocycles. The van der Waals surface area contributed by atoms with Gasteiger partial charge in [0.15, 0.2) is 5.75 Å². The molecule has 0 N–H and O–H groups in total. The minimum Gasteiger partial charge on any atom is -0.489 e. The molecule has 0 atom stereocenters. The molecule has 0 bridgehead atoms. The molecule has 1 aliphatic rings. The Hall–Kier alpha value is -1.12. The molecule has 1 aromatic heterocycles. The lowest BCUT2D eigenvalue weighted by Crippen LogP contribution is -1.90. The number of ether oxygens (including phenoxy) is 1. The Bertz CT molecular complexity index is 260. The zero-order valence-electron chi connectivity index (χ0n) is 5.79. The Balaban J connectivity index is 2.59. The number of aryl methyl sites for hydroxylation is 1. The average Bonchev–Trinajstić information content (AvgIpc) is 2.36. The molecule has 52 valence electrons. The maximum atomic E-state index is 5.30. The van der Waals surface area contributed by atoms with Crippen LogP contribution in [0.4, 0.5) is 0 Å². The summed E-state index contributed by atoms with van der Waals surface area (Å²) in [6.45, 7) is 2.70. The van der Waals surface area contributed by atoms with E-state index in [0.29, 0.717) is 0 Å². The van der Waals surface area contributed by atoms with Crippen LogP contribution in [0, 0.1) is 6.92 Å². The van der Waals surface area contributed by atoms with Crippen molar-refractivity contribution in [1.29, 1.82) is 0 Å². The molecule has 2 rings (SSSR count). The van der Waals surface area contributed by atoms with E-state index in [2.05, 4.69) is 9.97 Å². The van der Waals surface area contributed by atoms with Crippen LogP contribution in [0.5, 0.6) is 5.75 Å². The van der Waals surface area contributed by atoms with Gasteiger partial charge in [-0.1, -0.05) is 0 Å². The van der Waals surface area contributed by atoms with Gasteiger partial charge in [0.05, 0.1) is 18.0 Å². The van der Waals surface area contributed by atoms with Gasteiger partial charge in [0.25, 0.3) is 0 Å². The van der Waals surface area contributed by atoms with Crippen LogP contribution >= 0.6 is 0 Å². The Morgan fingerprint density at radius 3 is 3.20 bits per heavy atom. The lowest BCUT2D eigenvalue weighted by molar-refractivity contribution is 0.353. The fraction of sp³-hybridized carbons (Fsp3) is 0.429. The first-order chi connectivity index (χ1) is 4.88. The van der Waals surface area contributed by atoms with Crippen molar-refractivity contribution in [3.05, 3.63) is 17.7 Å². The van der Waals surface area contributed by atoms with Crippen molar-refractivity contribution in [3.63, 3.8) is 0 Å². The van der Waals surface area contributed by atoms with Gasteiger partial charge in [-0.15, -0.1) is 0 Å². The number of aromatic nitrogens is 2. The van der Waals surface area contributed by atoms with Crippen LogP contribution in [0.15, 0.2) is 6.33 Å². The van der Waals surface area contributed by atoms with Crippen molar-refractivity contribution in [2.45, 2.75) is 13.3 Å². The third kappa shape index (κ3) is 0.667. The van der Waals surface area contributed by atoms with Crippen molar-refractivity contribution in [3.8, 4) is 5.75 Å². The van der Waals surface area contributed by atoms with Gasteiger partial charge in [-0.3, -0.25) is 0 Å². The standard InChI is InChI=1S/C7H8N2O/c1-5-7-6(2-3-10-7)9-4-8-5/h4H,2-3H2,1H3. The number of rotatable bonds is 0. The highest BCUT2D eigenvalue weighted by Crippen LogP contribution is 2.24. The minimum atomic E-state index is 0.759. The second-order valence-electron chi connectivity index (χ2n) is 2.33. The molecule has 1 aliphatic heterocycles. The second kappa shape index (κ2) is 1.94. The second-order valence-corrected chi connectivity index (χ2v) is 2.33. The van der Waals surface area contributed by atoms with Gasteiger partial charge in [0, 0.05) is 6.42 Å². The van der Waals surface area contributed by atoms with Gasteiger partial charge in [-0.2, -0.15) is 0 Å². The first kappa shape index (κ1) is 5.65. The van der Waals surface area contributed by atoms with Crippen LogP contribution in [0.1, 0.15) is 11.4 Å². The SMILES string of the molecule is Cc1ncnc2c1OCC2. The maximum absolute atomic E-state index is 5.30. The van der Waals surface area contributed by atoms with E-state index in [9.17, 15) is 0 Å². The van der Waals surface area contributed by atoms with Crippen LogP contribution in [-0.4, -0.2) is 16.6 Å².